The van der Waals surface area contributed by atoms with Crippen molar-refractivity contribution in [3.05, 3.63) is 69.7 Å². The number of aromatic nitrogens is 1. The van der Waals surface area contributed by atoms with Gasteiger partial charge >= 0.3 is 5.76 Å². The Morgan fingerprint density at radius 3 is 2.48 bits per heavy atom. The van der Waals surface area contributed by atoms with E-state index in [-0.39, 0.29) is 5.76 Å². The highest BCUT2D eigenvalue weighted by Crippen LogP contribution is 2.27. The number of halogens is 1. The van der Waals surface area contributed by atoms with Gasteiger partial charge < -0.3 is 4.42 Å². The Balaban J connectivity index is 1.35. The average molecular weight is 386 g/mol. The van der Waals surface area contributed by atoms with Gasteiger partial charge in [-0.2, -0.15) is 0 Å². The van der Waals surface area contributed by atoms with Crippen molar-refractivity contribution >= 4 is 22.7 Å². The molecule has 5 nitrogen and oxygen atoms in total. The highest BCUT2D eigenvalue weighted by atomic mass is 35.5. The van der Waals surface area contributed by atoms with Crippen molar-refractivity contribution in [3.8, 4) is 0 Å². The topological polar surface area (TPSA) is 41.6 Å². The number of oxazole rings is 1. The summed E-state index contributed by atoms with van der Waals surface area (Å²) in [5.41, 5.74) is 2.71. The van der Waals surface area contributed by atoms with E-state index in [1.165, 1.54) is 5.56 Å². The fraction of sp³-hybridized carbons (Fsp3) is 0.381. The van der Waals surface area contributed by atoms with Gasteiger partial charge in [-0.05, 0) is 30.7 Å². The van der Waals surface area contributed by atoms with E-state index in [1.807, 2.05) is 42.5 Å². The van der Waals surface area contributed by atoms with Gasteiger partial charge in [-0.3, -0.25) is 14.4 Å². The summed E-state index contributed by atoms with van der Waals surface area (Å²) in [6.45, 7) is 7.67. The minimum Gasteiger partial charge on any atom is -0.408 e. The van der Waals surface area contributed by atoms with E-state index < -0.39 is 0 Å². The molecule has 0 radical (unpaired) electrons. The van der Waals surface area contributed by atoms with Gasteiger partial charge in [0.1, 0.15) is 0 Å². The zero-order chi connectivity index (χ0) is 18.8. The molecule has 0 saturated carbocycles. The maximum atomic E-state index is 12.1. The van der Waals surface area contributed by atoms with Crippen LogP contribution in [-0.2, 0) is 6.54 Å². The third kappa shape index (κ3) is 3.81. The maximum Gasteiger partial charge on any atom is 0.419 e. The second-order valence-electron chi connectivity index (χ2n) is 7.06. The smallest absolute Gasteiger partial charge is 0.408 e. The Kier molecular flexibility index (Phi) is 5.34. The molecule has 0 bridgehead atoms. The minimum atomic E-state index is -0.276. The molecule has 1 aliphatic rings. The monoisotopic (exact) mass is 385 g/mol. The number of benzene rings is 2. The first-order valence-electron chi connectivity index (χ1n) is 9.42. The summed E-state index contributed by atoms with van der Waals surface area (Å²) >= 11 is 6.36. The van der Waals surface area contributed by atoms with Crippen molar-refractivity contribution in [1.82, 2.24) is 14.4 Å². The summed E-state index contributed by atoms with van der Waals surface area (Å²) in [7, 11) is 0. The molecule has 2 aromatic carbocycles. The Morgan fingerprint density at radius 1 is 1.00 bits per heavy atom. The van der Waals surface area contributed by atoms with Crippen LogP contribution in [0.15, 0.2) is 57.7 Å². The Morgan fingerprint density at radius 2 is 1.70 bits per heavy atom. The van der Waals surface area contributed by atoms with Crippen LogP contribution >= 0.6 is 11.6 Å². The predicted octanol–water partition coefficient (Wildman–Crippen LogP) is 3.63. The summed E-state index contributed by atoms with van der Waals surface area (Å²) < 4.78 is 7.05. The van der Waals surface area contributed by atoms with Crippen LogP contribution in [0.2, 0.25) is 5.02 Å². The van der Waals surface area contributed by atoms with Crippen molar-refractivity contribution < 1.29 is 4.42 Å². The number of para-hydroxylation sites is 2. The van der Waals surface area contributed by atoms with Gasteiger partial charge in [0.05, 0.1) is 5.52 Å². The Bertz CT molecular complexity index is 973. The zero-order valence-electron chi connectivity index (χ0n) is 15.5. The van der Waals surface area contributed by atoms with Gasteiger partial charge in [0, 0.05) is 50.3 Å². The minimum absolute atomic E-state index is 0.276. The average Bonchev–Trinajstić information content (AvgIpc) is 3.02. The Hall–Kier alpha value is -2.08. The maximum absolute atomic E-state index is 12.1. The molecule has 6 heteroatoms. The second kappa shape index (κ2) is 7.89. The lowest BCUT2D eigenvalue weighted by molar-refractivity contribution is 0.0997. The molecule has 3 aromatic rings. The van der Waals surface area contributed by atoms with Crippen molar-refractivity contribution in [3.63, 3.8) is 0 Å². The lowest BCUT2D eigenvalue weighted by Gasteiger charge is -2.38. The number of hydrogen-bond acceptors (Lipinski definition) is 4. The van der Waals surface area contributed by atoms with Gasteiger partial charge in [-0.25, -0.2) is 4.79 Å². The standard InChI is InChI=1S/C21H24ClN3O2/c1-16(17-6-2-3-7-18(17)22)24-13-10-23(11-14-24)12-15-25-19-8-4-5-9-20(19)27-21(25)26/h2-9,16H,10-15H2,1H3. The van der Waals surface area contributed by atoms with Gasteiger partial charge in [0.2, 0.25) is 0 Å². The molecule has 1 aromatic heterocycles. The molecule has 0 N–H and O–H groups in total. The van der Waals surface area contributed by atoms with E-state index in [4.69, 9.17) is 16.0 Å². The number of fused-ring (bicyclic) bond motifs is 1. The van der Waals surface area contributed by atoms with Crippen LogP contribution in [0.5, 0.6) is 0 Å². The number of rotatable bonds is 5. The molecule has 4 rings (SSSR count). The summed E-state index contributed by atoms with van der Waals surface area (Å²) in [5, 5.41) is 0.832. The second-order valence-corrected chi connectivity index (χ2v) is 7.47. The van der Waals surface area contributed by atoms with E-state index >= 15 is 0 Å². The highest BCUT2D eigenvalue weighted by molar-refractivity contribution is 6.31. The molecule has 1 saturated heterocycles. The van der Waals surface area contributed by atoms with Crippen molar-refractivity contribution in [2.45, 2.75) is 19.5 Å². The van der Waals surface area contributed by atoms with Crippen molar-refractivity contribution in [2.75, 3.05) is 32.7 Å². The van der Waals surface area contributed by atoms with Crippen LogP contribution in [0.25, 0.3) is 11.1 Å². The first-order valence-corrected chi connectivity index (χ1v) is 9.80. The highest BCUT2D eigenvalue weighted by Gasteiger charge is 2.23. The molecule has 0 spiro atoms. The van der Waals surface area contributed by atoms with Crippen molar-refractivity contribution in [1.29, 1.82) is 0 Å². The van der Waals surface area contributed by atoms with E-state index in [9.17, 15) is 4.79 Å². The van der Waals surface area contributed by atoms with Crippen molar-refractivity contribution in [2.24, 2.45) is 0 Å². The van der Waals surface area contributed by atoms with Gasteiger partial charge in [0.15, 0.2) is 5.58 Å². The fourth-order valence-electron chi connectivity index (χ4n) is 3.85. The fourth-order valence-corrected chi connectivity index (χ4v) is 4.15. The lowest BCUT2D eigenvalue weighted by atomic mass is 10.1. The molecule has 0 amide bonds. The van der Waals surface area contributed by atoms with Gasteiger partial charge in [-0.15, -0.1) is 0 Å². The molecular weight excluding hydrogens is 362 g/mol. The first-order chi connectivity index (χ1) is 13.1. The van der Waals surface area contributed by atoms with Crippen LogP contribution in [-0.4, -0.2) is 47.1 Å². The SMILES string of the molecule is CC(c1ccccc1Cl)N1CCN(CCn2c(=O)oc3ccccc32)CC1. The predicted molar refractivity (Wildman–Crippen MR) is 108 cm³/mol. The van der Waals surface area contributed by atoms with Crippen LogP contribution in [0.4, 0.5) is 0 Å². The third-order valence-corrected chi connectivity index (χ3v) is 5.87. The first kappa shape index (κ1) is 18.3. The molecule has 1 fully saturated rings. The summed E-state index contributed by atoms with van der Waals surface area (Å²) in [6.07, 6.45) is 0. The van der Waals surface area contributed by atoms with E-state index in [0.717, 1.165) is 43.3 Å². The molecule has 2 heterocycles. The van der Waals surface area contributed by atoms with Gasteiger partial charge in [0.25, 0.3) is 0 Å². The van der Waals surface area contributed by atoms with Gasteiger partial charge in [-0.1, -0.05) is 41.9 Å². The van der Waals surface area contributed by atoms with Crippen LogP contribution in [0.1, 0.15) is 18.5 Å². The number of hydrogen-bond donors (Lipinski definition) is 0. The van der Waals surface area contributed by atoms with Crippen LogP contribution < -0.4 is 5.76 Å². The summed E-state index contributed by atoms with van der Waals surface area (Å²) in [6, 6.07) is 16.0. The zero-order valence-corrected chi connectivity index (χ0v) is 16.2. The van der Waals surface area contributed by atoms with Crippen LogP contribution in [0, 0.1) is 0 Å². The Labute approximate surface area is 163 Å². The number of nitrogens with zero attached hydrogens (tertiary/aromatic N) is 3. The van der Waals surface area contributed by atoms with Crippen LogP contribution in [0.3, 0.4) is 0 Å². The molecular formula is C21H24ClN3O2. The van der Waals surface area contributed by atoms with E-state index in [0.29, 0.717) is 18.2 Å². The lowest BCUT2D eigenvalue weighted by Crippen LogP contribution is -2.48. The molecule has 1 aliphatic heterocycles. The normalized spacial score (nSPS) is 17.4. The third-order valence-electron chi connectivity index (χ3n) is 5.52. The summed E-state index contributed by atoms with van der Waals surface area (Å²) in [5.74, 6) is -0.276. The quantitative estimate of drug-likeness (QED) is 0.672. The summed E-state index contributed by atoms with van der Waals surface area (Å²) in [4.78, 5) is 17.0. The molecule has 0 aliphatic carbocycles. The van der Waals surface area contributed by atoms with E-state index in [2.05, 4.69) is 22.8 Å². The number of piperazine rings is 1. The molecule has 142 valence electrons. The molecule has 1 atom stereocenters. The van der Waals surface area contributed by atoms with E-state index in [1.54, 1.807) is 4.57 Å². The molecule has 27 heavy (non-hydrogen) atoms. The molecule has 1 unspecified atom stereocenters. The largest absolute Gasteiger partial charge is 0.419 e.